The lowest BCUT2D eigenvalue weighted by molar-refractivity contribution is -0.117. The number of hydrogen-bond donors (Lipinski definition) is 2. The smallest absolute Gasteiger partial charge is 0.294 e. The largest absolute Gasteiger partial charge is 0.412 e. The van der Waals surface area contributed by atoms with Crippen molar-refractivity contribution < 1.29 is 28.0 Å². The molecule has 1 saturated heterocycles. The van der Waals surface area contributed by atoms with Crippen molar-refractivity contribution in [1.29, 1.82) is 0 Å². The third-order valence-electron chi connectivity index (χ3n) is 1.89. The van der Waals surface area contributed by atoms with Gasteiger partial charge in [0.1, 0.15) is 0 Å². The molecule has 1 aliphatic heterocycles. The summed E-state index contributed by atoms with van der Waals surface area (Å²) in [4.78, 5) is 20.1. The number of hydrogen-bond acceptors (Lipinski definition) is 5. The summed E-state index contributed by atoms with van der Waals surface area (Å²) < 4.78 is 29.6. The van der Waals surface area contributed by atoms with Gasteiger partial charge in [0, 0.05) is 0 Å². The molecule has 1 aliphatic rings. The summed E-state index contributed by atoms with van der Waals surface area (Å²) in [5.74, 6) is 0.105. The average molecular weight is 307 g/mol. The molecule has 4 N–H and O–H groups in total. The molecular formula is C10H13NO6S2. The van der Waals surface area contributed by atoms with E-state index in [-0.39, 0.29) is 21.5 Å². The molecule has 1 fully saturated rings. The maximum atomic E-state index is 10.5. The van der Waals surface area contributed by atoms with Crippen LogP contribution >= 0.6 is 11.8 Å². The van der Waals surface area contributed by atoms with E-state index in [0.717, 1.165) is 17.3 Å². The van der Waals surface area contributed by atoms with Crippen LogP contribution in [0.25, 0.3) is 0 Å². The predicted molar refractivity (Wildman–Crippen MR) is 70.6 cm³/mol. The van der Waals surface area contributed by atoms with E-state index in [1.165, 1.54) is 12.1 Å². The molecule has 2 amide bonds. The van der Waals surface area contributed by atoms with Gasteiger partial charge in [-0.3, -0.25) is 19.5 Å². The first-order chi connectivity index (χ1) is 8.29. The van der Waals surface area contributed by atoms with E-state index in [2.05, 4.69) is 5.32 Å². The van der Waals surface area contributed by atoms with Crippen LogP contribution in [0.1, 0.15) is 5.56 Å². The fourth-order valence-corrected chi connectivity index (χ4v) is 2.03. The molecule has 1 aromatic carbocycles. The van der Waals surface area contributed by atoms with E-state index in [1.807, 2.05) is 6.92 Å². The highest BCUT2D eigenvalue weighted by molar-refractivity contribution is 8.14. The fourth-order valence-electron chi connectivity index (χ4n) is 1.03. The number of imide groups is 1. The number of thioether (sulfide) groups is 1. The quantitative estimate of drug-likeness (QED) is 0.721. The van der Waals surface area contributed by atoms with E-state index in [9.17, 15) is 18.0 Å². The Labute approximate surface area is 114 Å². The Kier molecular flexibility index (Phi) is 6.70. The van der Waals surface area contributed by atoms with Crippen LogP contribution in [0.2, 0.25) is 0 Å². The molecular weight excluding hydrogens is 294 g/mol. The lowest BCUT2D eigenvalue weighted by Gasteiger charge is -1.95. The summed E-state index contributed by atoms with van der Waals surface area (Å²) in [5, 5.41) is 1.87. The first-order valence-corrected chi connectivity index (χ1v) is 7.22. The van der Waals surface area contributed by atoms with Crippen molar-refractivity contribution >= 4 is 33.0 Å². The summed E-state index contributed by atoms with van der Waals surface area (Å²) in [6, 6.07) is 5.99. The van der Waals surface area contributed by atoms with Crippen LogP contribution in [-0.4, -0.2) is 35.3 Å². The average Bonchev–Trinajstić information content (AvgIpc) is 2.62. The molecule has 9 heteroatoms. The number of rotatable bonds is 1. The molecule has 0 aliphatic carbocycles. The third kappa shape index (κ3) is 6.34. The molecule has 0 atom stereocenters. The normalized spacial score (nSPS) is 14.0. The Morgan fingerprint density at radius 1 is 1.21 bits per heavy atom. The number of amides is 2. The molecule has 1 aromatic rings. The van der Waals surface area contributed by atoms with Crippen molar-refractivity contribution in [1.82, 2.24) is 5.32 Å². The standard InChI is InChI=1S/C7H8O3S.C3H3NO2S.H2O/c1-6-2-4-7(5-3-6)11(8,9)10;5-2-1-7-3(6)4-2;/h2-5H,1H3,(H,8,9,10);1H2,(H,4,5,6);1H2. The second-order valence-electron chi connectivity index (χ2n) is 3.41. The maximum Gasteiger partial charge on any atom is 0.294 e. The molecule has 19 heavy (non-hydrogen) atoms. The van der Waals surface area contributed by atoms with Crippen molar-refractivity contribution in [3.63, 3.8) is 0 Å². The van der Waals surface area contributed by atoms with Gasteiger partial charge in [-0.25, -0.2) is 0 Å². The summed E-state index contributed by atoms with van der Waals surface area (Å²) >= 11 is 1.01. The molecule has 0 radical (unpaired) electrons. The van der Waals surface area contributed by atoms with Crippen molar-refractivity contribution in [2.75, 3.05) is 5.75 Å². The number of carbonyl (C=O) groups excluding carboxylic acids is 2. The lowest BCUT2D eigenvalue weighted by Crippen LogP contribution is -2.18. The van der Waals surface area contributed by atoms with Gasteiger partial charge in [0.25, 0.3) is 15.4 Å². The molecule has 0 unspecified atom stereocenters. The predicted octanol–water partition coefficient (Wildman–Crippen LogP) is 0.386. The Morgan fingerprint density at radius 3 is 2.00 bits per heavy atom. The highest BCUT2D eigenvalue weighted by Gasteiger charge is 2.16. The maximum absolute atomic E-state index is 10.5. The monoisotopic (exact) mass is 307 g/mol. The zero-order valence-electron chi connectivity index (χ0n) is 9.91. The van der Waals surface area contributed by atoms with Gasteiger partial charge in [0.2, 0.25) is 5.91 Å². The van der Waals surface area contributed by atoms with Gasteiger partial charge >= 0.3 is 0 Å². The van der Waals surface area contributed by atoms with Crippen molar-refractivity contribution in [3.05, 3.63) is 29.8 Å². The summed E-state index contributed by atoms with van der Waals surface area (Å²) in [7, 11) is -4.02. The van der Waals surface area contributed by atoms with Crippen LogP contribution in [0.15, 0.2) is 29.2 Å². The number of aryl methyl sites for hydroxylation is 1. The van der Waals surface area contributed by atoms with E-state index in [4.69, 9.17) is 4.55 Å². The highest BCUT2D eigenvalue weighted by Crippen LogP contribution is 2.08. The van der Waals surface area contributed by atoms with E-state index in [1.54, 1.807) is 12.1 Å². The topological polar surface area (TPSA) is 132 Å². The first-order valence-electron chi connectivity index (χ1n) is 4.80. The Morgan fingerprint density at radius 2 is 1.74 bits per heavy atom. The highest BCUT2D eigenvalue weighted by atomic mass is 32.2. The molecule has 7 nitrogen and oxygen atoms in total. The van der Waals surface area contributed by atoms with Crippen molar-refractivity contribution in [2.24, 2.45) is 0 Å². The number of benzene rings is 1. The van der Waals surface area contributed by atoms with Crippen LogP contribution in [0, 0.1) is 6.92 Å². The van der Waals surface area contributed by atoms with Crippen molar-refractivity contribution in [3.8, 4) is 0 Å². The molecule has 2 rings (SSSR count). The van der Waals surface area contributed by atoms with E-state index in [0.29, 0.717) is 5.75 Å². The zero-order chi connectivity index (χ0) is 13.8. The van der Waals surface area contributed by atoms with Crippen LogP contribution in [0.3, 0.4) is 0 Å². The SMILES string of the molecule is Cc1ccc(S(=O)(=O)O)cc1.O.O=C1CSC(=O)N1. The lowest BCUT2D eigenvalue weighted by atomic mass is 10.2. The fraction of sp³-hybridized carbons (Fsp3) is 0.200. The second-order valence-corrected chi connectivity index (χ2v) is 5.78. The molecule has 0 spiro atoms. The first kappa shape index (κ1) is 17.6. The van der Waals surface area contributed by atoms with Gasteiger partial charge < -0.3 is 5.48 Å². The number of nitrogens with one attached hydrogen (secondary N) is 1. The van der Waals surface area contributed by atoms with Crippen LogP contribution in [0.5, 0.6) is 0 Å². The third-order valence-corrected chi connectivity index (χ3v) is 3.53. The summed E-state index contributed by atoms with van der Waals surface area (Å²) in [6.45, 7) is 1.84. The van der Waals surface area contributed by atoms with Crippen LogP contribution < -0.4 is 5.32 Å². The number of carbonyl (C=O) groups is 2. The Balaban J connectivity index is 0.000000352. The second kappa shape index (κ2) is 7.24. The van der Waals surface area contributed by atoms with Gasteiger partial charge in [-0.2, -0.15) is 8.42 Å². The minimum atomic E-state index is -4.02. The van der Waals surface area contributed by atoms with E-state index < -0.39 is 10.1 Å². The minimum absolute atomic E-state index is 0. The molecule has 1 heterocycles. The molecule has 0 saturated carbocycles. The van der Waals surface area contributed by atoms with Gasteiger partial charge in [0.15, 0.2) is 0 Å². The van der Waals surface area contributed by atoms with Crippen LogP contribution in [-0.2, 0) is 14.9 Å². The van der Waals surface area contributed by atoms with E-state index >= 15 is 0 Å². The minimum Gasteiger partial charge on any atom is -0.412 e. The van der Waals surface area contributed by atoms with Gasteiger partial charge in [-0.05, 0) is 19.1 Å². The molecule has 0 aromatic heterocycles. The Bertz CT molecular complexity index is 538. The van der Waals surface area contributed by atoms with Gasteiger partial charge in [-0.1, -0.05) is 29.5 Å². The van der Waals surface area contributed by atoms with Crippen LogP contribution in [0.4, 0.5) is 4.79 Å². The van der Waals surface area contributed by atoms with Gasteiger partial charge in [0.05, 0.1) is 10.6 Å². The zero-order valence-corrected chi connectivity index (χ0v) is 11.5. The molecule has 0 bridgehead atoms. The Hall–Kier alpha value is -1.42. The van der Waals surface area contributed by atoms with Crippen molar-refractivity contribution in [2.45, 2.75) is 11.8 Å². The van der Waals surface area contributed by atoms with Gasteiger partial charge in [-0.15, -0.1) is 0 Å². The summed E-state index contributed by atoms with van der Waals surface area (Å²) in [5.41, 5.74) is 0.956. The summed E-state index contributed by atoms with van der Waals surface area (Å²) in [6.07, 6.45) is 0. The molecule has 106 valence electrons.